The fraction of sp³-hybridized carbons (Fsp3) is 0.0769. The minimum absolute atomic E-state index is 0.244. The Labute approximate surface area is 103 Å². The van der Waals surface area contributed by atoms with Gasteiger partial charge in [0.2, 0.25) is 0 Å². The van der Waals surface area contributed by atoms with Crippen molar-refractivity contribution >= 4 is 22.4 Å². The third-order valence-electron chi connectivity index (χ3n) is 2.84. The summed E-state index contributed by atoms with van der Waals surface area (Å²) in [5, 5.41) is 13.1. The largest absolute Gasteiger partial charge is 0.353 e. The van der Waals surface area contributed by atoms with Crippen molar-refractivity contribution in [2.45, 2.75) is 6.92 Å². The molecule has 0 aliphatic carbocycles. The van der Waals surface area contributed by atoms with Gasteiger partial charge in [0, 0.05) is 5.69 Å². The molecule has 3 aromatic rings. The molecule has 0 unspecified atom stereocenters. The molecule has 0 aliphatic rings. The van der Waals surface area contributed by atoms with Gasteiger partial charge in [-0.1, -0.05) is 18.2 Å². The van der Waals surface area contributed by atoms with E-state index in [4.69, 9.17) is 0 Å². The van der Waals surface area contributed by atoms with Gasteiger partial charge in [-0.25, -0.2) is 4.39 Å². The van der Waals surface area contributed by atoms with Crippen LogP contribution in [-0.4, -0.2) is 15.4 Å². The maximum Gasteiger partial charge on any atom is 0.176 e. The van der Waals surface area contributed by atoms with Gasteiger partial charge in [0.25, 0.3) is 0 Å². The normalized spacial score (nSPS) is 10.8. The number of aryl methyl sites for hydroxylation is 1. The number of halogens is 1. The van der Waals surface area contributed by atoms with Crippen LogP contribution in [0.5, 0.6) is 0 Å². The van der Waals surface area contributed by atoms with Crippen molar-refractivity contribution in [3.63, 3.8) is 0 Å². The lowest BCUT2D eigenvalue weighted by molar-refractivity contribution is 0.640. The molecular weight excluding hydrogens is 231 g/mol. The highest BCUT2D eigenvalue weighted by Crippen LogP contribution is 2.26. The second-order valence-corrected chi connectivity index (χ2v) is 4.06. The van der Waals surface area contributed by atoms with Gasteiger partial charge >= 0.3 is 0 Å². The molecule has 90 valence electrons. The number of H-pyrrole nitrogens is 1. The molecule has 0 bridgehead atoms. The molecular formula is C13H11FN4. The van der Waals surface area contributed by atoms with Gasteiger partial charge in [-0.15, -0.1) is 0 Å². The smallest absolute Gasteiger partial charge is 0.176 e. The van der Waals surface area contributed by atoms with E-state index in [-0.39, 0.29) is 5.52 Å². The van der Waals surface area contributed by atoms with E-state index in [9.17, 15) is 4.39 Å². The van der Waals surface area contributed by atoms with Gasteiger partial charge in [0.05, 0.1) is 5.69 Å². The SMILES string of the molecule is Cc1ccccc1Nc1ccc2n[nH]nc2c1F. The number of rotatable bonds is 2. The molecule has 0 spiro atoms. The summed E-state index contributed by atoms with van der Waals surface area (Å²) >= 11 is 0. The summed E-state index contributed by atoms with van der Waals surface area (Å²) in [6, 6.07) is 11.1. The summed E-state index contributed by atoms with van der Waals surface area (Å²) in [6.45, 7) is 1.97. The van der Waals surface area contributed by atoms with Gasteiger partial charge in [0.15, 0.2) is 11.3 Å². The molecule has 0 atom stereocenters. The van der Waals surface area contributed by atoms with Gasteiger partial charge in [-0.2, -0.15) is 15.4 Å². The predicted molar refractivity (Wildman–Crippen MR) is 68.3 cm³/mol. The average molecular weight is 242 g/mol. The Morgan fingerprint density at radius 1 is 1.06 bits per heavy atom. The zero-order chi connectivity index (χ0) is 12.5. The van der Waals surface area contributed by atoms with Gasteiger partial charge < -0.3 is 5.32 Å². The van der Waals surface area contributed by atoms with Crippen molar-refractivity contribution < 1.29 is 4.39 Å². The summed E-state index contributed by atoms with van der Waals surface area (Å²) in [5.41, 5.74) is 3.08. The number of benzene rings is 2. The number of anilines is 2. The van der Waals surface area contributed by atoms with Gasteiger partial charge in [0.1, 0.15) is 5.52 Å². The van der Waals surface area contributed by atoms with Gasteiger partial charge in [-0.05, 0) is 30.7 Å². The van der Waals surface area contributed by atoms with E-state index in [0.717, 1.165) is 11.3 Å². The highest BCUT2D eigenvalue weighted by Gasteiger charge is 2.11. The molecule has 0 radical (unpaired) electrons. The van der Waals surface area contributed by atoms with E-state index in [0.29, 0.717) is 11.2 Å². The molecule has 0 saturated carbocycles. The molecule has 3 rings (SSSR count). The van der Waals surface area contributed by atoms with Crippen LogP contribution in [0, 0.1) is 12.7 Å². The number of nitrogens with one attached hydrogen (secondary N) is 2. The fourth-order valence-electron chi connectivity index (χ4n) is 1.83. The lowest BCUT2D eigenvalue weighted by Gasteiger charge is -2.09. The highest BCUT2D eigenvalue weighted by atomic mass is 19.1. The number of nitrogens with zero attached hydrogens (tertiary/aromatic N) is 2. The maximum atomic E-state index is 14.1. The summed E-state index contributed by atoms with van der Waals surface area (Å²) < 4.78 is 14.1. The summed E-state index contributed by atoms with van der Waals surface area (Å²) in [7, 11) is 0. The Kier molecular flexibility index (Phi) is 2.44. The lowest BCUT2D eigenvalue weighted by Crippen LogP contribution is -1.96. The second-order valence-electron chi connectivity index (χ2n) is 4.06. The number of aromatic amines is 1. The Hall–Kier alpha value is -2.43. The van der Waals surface area contributed by atoms with Crippen LogP contribution in [0.2, 0.25) is 0 Å². The molecule has 0 amide bonds. The Bertz CT molecular complexity index is 705. The number of para-hydroxylation sites is 1. The van der Waals surface area contributed by atoms with Crippen molar-refractivity contribution in [3.05, 3.63) is 47.8 Å². The minimum atomic E-state index is -0.399. The first-order valence-electron chi connectivity index (χ1n) is 5.57. The standard InChI is InChI=1S/C13H11FN4/c1-8-4-2-3-5-9(8)15-10-6-7-11-13(12(10)14)17-18-16-11/h2-7,15H,1H3,(H,16,17,18). The summed E-state index contributed by atoms with van der Waals surface area (Å²) in [5.74, 6) is -0.399. The van der Waals surface area contributed by atoms with Crippen LogP contribution in [0.3, 0.4) is 0 Å². The van der Waals surface area contributed by atoms with E-state index >= 15 is 0 Å². The number of hydrogen-bond acceptors (Lipinski definition) is 3. The summed E-state index contributed by atoms with van der Waals surface area (Å²) in [6.07, 6.45) is 0. The molecule has 0 saturated heterocycles. The molecule has 18 heavy (non-hydrogen) atoms. The molecule has 4 nitrogen and oxygen atoms in total. The maximum absolute atomic E-state index is 14.1. The number of fused-ring (bicyclic) bond motifs is 1. The van der Waals surface area contributed by atoms with E-state index in [1.807, 2.05) is 31.2 Å². The number of aromatic nitrogens is 3. The van der Waals surface area contributed by atoms with E-state index in [2.05, 4.69) is 20.7 Å². The fourth-order valence-corrected chi connectivity index (χ4v) is 1.83. The minimum Gasteiger partial charge on any atom is -0.353 e. The van der Waals surface area contributed by atoms with Crippen LogP contribution in [-0.2, 0) is 0 Å². The highest BCUT2D eigenvalue weighted by molar-refractivity contribution is 5.80. The molecule has 2 N–H and O–H groups in total. The molecule has 0 aliphatic heterocycles. The van der Waals surface area contributed by atoms with Crippen LogP contribution in [0.4, 0.5) is 15.8 Å². The predicted octanol–water partition coefficient (Wildman–Crippen LogP) is 3.15. The van der Waals surface area contributed by atoms with Gasteiger partial charge in [-0.3, -0.25) is 0 Å². The third kappa shape index (κ3) is 1.69. The van der Waals surface area contributed by atoms with Crippen molar-refractivity contribution in [2.75, 3.05) is 5.32 Å². The molecule has 0 fully saturated rings. The first-order valence-corrected chi connectivity index (χ1v) is 5.57. The van der Waals surface area contributed by atoms with Crippen molar-refractivity contribution in [1.29, 1.82) is 0 Å². The van der Waals surface area contributed by atoms with Crippen LogP contribution < -0.4 is 5.32 Å². The zero-order valence-electron chi connectivity index (χ0n) is 9.74. The van der Waals surface area contributed by atoms with Crippen molar-refractivity contribution in [3.8, 4) is 0 Å². The number of hydrogen-bond donors (Lipinski definition) is 2. The zero-order valence-corrected chi connectivity index (χ0v) is 9.74. The van der Waals surface area contributed by atoms with E-state index in [1.165, 1.54) is 0 Å². The molecule has 5 heteroatoms. The summed E-state index contributed by atoms with van der Waals surface area (Å²) in [4.78, 5) is 0. The van der Waals surface area contributed by atoms with E-state index < -0.39 is 5.82 Å². The topological polar surface area (TPSA) is 53.6 Å². The third-order valence-corrected chi connectivity index (χ3v) is 2.84. The first kappa shape index (κ1) is 10.7. The monoisotopic (exact) mass is 242 g/mol. The van der Waals surface area contributed by atoms with Crippen LogP contribution in [0.15, 0.2) is 36.4 Å². The lowest BCUT2D eigenvalue weighted by atomic mass is 10.2. The quantitative estimate of drug-likeness (QED) is 0.725. The second kappa shape index (κ2) is 4.10. The van der Waals surface area contributed by atoms with Crippen molar-refractivity contribution in [1.82, 2.24) is 15.4 Å². The molecule has 2 aromatic carbocycles. The van der Waals surface area contributed by atoms with E-state index in [1.54, 1.807) is 12.1 Å². The van der Waals surface area contributed by atoms with Crippen LogP contribution in [0.1, 0.15) is 5.56 Å². The molecule has 1 aromatic heterocycles. The Balaban J connectivity index is 2.05. The van der Waals surface area contributed by atoms with Crippen molar-refractivity contribution in [2.24, 2.45) is 0 Å². The van der Waals surface area contributed by atoms with Crippen LogP contribution in [0.25, 0.3) is 11.0 Å². The Morgan fingerprint density at radius 2 is 1.89 bits per heavy atom. The Morgan fingerprint density at radius 3 is 2.72 bits per heavy atom. The average Bonchev–Trinajstić information content (AvgIpc) is 2.84. The molecule has 1 heterocycles. The van der Waals surface area contributed by atoms with Crippen LogP contribution >= 0.6 is 0 Å². The first-order chi connectivity index (χ1) is 8.75.